The van der Waals surface area contributed by atoms with Crippen molar-refractivity contribution in [1.29, 1.82) is 0 Å². The molecule has 0 saturated carbocycles. The zero-order valence-electron chi connectivity index (χ0n) is 7.86. The van der Waals surface area contributed by atoms with E-state index in [0.29, 0.717) is 18.1 Å². The fraction of sp³-hybridized carbons (Fsp3) is 0.400. The standard InChI is InChI=1S/C10H14O3/c1-3-12-9-6-4-5-7-10(9)13-8(2)11/h4-8,11H,3H2,1-2H3. The summed E-state index contributed by atoms with van der Waals surface area (Å²) < 4.78 is 10.4. The van der Waals surface area contributed by atoms with Crippen LogP contribution in [0.4, 0.5) is 0 Å². The highest BCUT2D eigenvalue weighted by Crippen LogP contribution is 2.26. The van der Waals surface area contributed by atoms with Crippen LogP contribution >= 0.6 is 0 Å². The van der Waals surface area contributed by atoms with Gasteiger partial charge in [-0.25, -0.2) is 0 Å². The normalized spacial score (nSPS) is 12.2. The molecule has 0 radical (unpaired) electrons. The van der Waals surface area contributed by atoms with Gasteiger partial charge in [-0.15, -0.1) is 0 Å². The Morgan fingerprint density at radius 1 is 1.31 bits per heavy atom. The number of rotatable bonds is 4. The van der Waals surface area contributed by atoms with E-state index in [1.54, 1.807) is 19.1 Å². The van der Waals surface area contributed by atoms with Crippen molar-refractivity contribution in [2.75, 3.05) is 6.61 Å². The summed E-state index contributed by atoms with van der Waals surface area (Å²) in [5.41, 5.74) is 0. The Hall–Kier alpha value is -1.22. The minimum Gasteiger partial charge on any atom is -0.490 e. The fourth-order valence-electron chi connectivity index (χ4n) is 1.01. The van der Waals surface area contributed by atoms with Crippen LogP contribution in [-0.4, -0.2) is 18.0 Å². The first-order chi connectivity index (χ1) is 6.24. The van der Waals surface area contributed by atoms with E-state index in [4.69, 9.17) is 14.6 Å². The molecule has 1 rings (SSSR count). The maximum Gasteiger partial charge on any atom is 0.194 e. The Bertz CT molecular complexity index is 258. The van der Waals surface area contributed by atoms with Gasteiger partial charge in [0.15, 0.2) is 17.8 Å². The lowest BCUT2D eigenvalue weighted by atomic mass is 10.3. The molecule has 13 heavy (non-hydrogen) atoms. The zero-order valence-corrected chi connectivity index (χ0v) is 7.86. The van der Waals surface area contributed by atoms with Crippen LogP contribution in [0.3, 0.4) is 0 Å². The van der Waals surface area contributed by atoms with Gasteiger partial charge in [0.05, 0.1) is 6.61 Å². The third kappa shape index (κ3) is 2.95. The van der Waals surface area contributed by atoms with Crippen LogP contribution < -0.4 is 9.47 Å². The number of benzene rings is 1. The Morgan fingerprint density at radius 3 is 2.46 bits per heavy atom. The van der Waals surface area contributed by atoms with Gasteiger partial charge in [0.2, 0.25) is 0 Å². The van der Waals surface area contributed by atoms with Crippen LogP contribution in [0.1, 0.15) is 13.8 Å². The number of hydrogen-bond donors (Lipinski definition) is 1. The average Bonchev–Trinajstić information content (AvgIpc) is 2.08. The van der Waals surface area contributed by atoms with Crippen molar-refractivity contribution >= 4 is 0 Å². The molecule has 1 unspecified atom stereocenters. The van der Waals surface area contributed by atoms with Crippen LogP contribution in [0.5, 0.6) is 11.5 Å². The van der Waals surface area contributed by atoms with E-state index in [0.717, 1.165) is 0 Å². The van der Waals surface area contributed by atoms with E-state index in [1.165, 1.54) is 0 Å². The van der Waals surface area contributed by atoms with Gasteiger partial charge in [-0.1, -0.05) is 12.1 Å². The van der Waals surface area contributed by atoms with Gasteiger partial charge in [0, 0.05) is 0 Å². The average molecular weight is 182 g/mol. The second-order valence-electron chi connectivity index (χ2n) is 2.60. The third-order valence-corrected chi connectivity index (χ3v) is 1.45. The van der Waals surface area contributed by atoms with E-state index in [2.05, 4.69) is 0 Å². The lowest BCUT2D eigenvalue weighted by molar-refractivity contribution is -0.00239. The zero-order chi connectivity index (χ0) is 9.68. The van der Waals surface area contributed by atoms with Crippen LogP contribution in [-0.2, 0) is 0 Å². The highest BCUT2D eigenvalue weighted by Gasteiger charge is 2.05. The van der Waals surface area contributed by atoms with Crippen molar-refractivity contribution in [1.82, 2.24) is 0 Å². The summed E-state index contributed by atoms with van der Waals surface area (Å²) in [4.78, 5) is 0. The van der Waals surface area contributed by atoms with Crippen LogP contribution in [0.2, 0.25) is 0 Å². The van der Waals surface area contributed by atoms with E-state index in [9.17, 15) is 0 Å². The molecule has 0 aliphatic rings. The molecule has 1 aromatic rings. The lowest BCUT2D eigenvalue weighted by Crippen LogP contribution is -2.10. The molecule has 0 amide bonds. The molecule has 72 valence electrons. The second-order valence-corrected chi connectivity index (χ2v) is 2.60. The van der Waals surface area contributed by atoms with Gasteiger partial charge in [-0.3, -0.25) is 0 Å². The molecule has 0 saturated heterocycles. The quantitative estimate of drug-likeness (QED) is 0.721. The van der Waals surface area contributed by atoms with E-state index in [1.807, 2.05) is 19.1 Å². The molecule has 0 aliphatic carbocycles. The fourth-order valence-corrected chi connectivity index (χ4v) is 1.01. The summed E-state index contributed by atoms with van der Waals surface area (Å²) in [7, 11) is 0. The number of aliphatic hydroxyl groups is 1. The minimum atomic E-state index is -0.818. The van der Waals surface area contributed by atoms with Gasteiger partial charge in [0.25, 0.3) is 0 Å². The second kappa shape index (κ2) is 4.72. The summed E-state index contributed by atoms with van der Waals surface area (Å²) >= 11 is 0. The van der Waals surface area contributed by atoms with Gasteiger partial charge < -0.3 is 14.6 Å². The number of aliphatic hydroxyl groups excluding tert-OH is 1. The molecule has 1 atom stereocenters. The number of hydrogen-bond acceptors (Lipinski definition) is 3. The van der Waals surface area contributed by atoms with Crippen LogP contribution in [0.25, 0.3) is 0 Å². The predicted molar refractivity (Wildman–Crippen MR) is 49.9 cm³/mol. The smallest absolute Gasteiger partial charge is 0.194 e. The van der Waals surface area contributed by atoms with E-state index < -0.39 is 6.29 Å². The lowest BCUT2D eigenvalue weighted by Gasteiger charge is -2.12. The molecule has 0 heterocycles. The summed E-state index contributed by atoms with van der Waals surface area (Å²) in [5.74, 6) is 1.23. The van der Waals surface area contributed by atoms with Gasteiger partial charge in [-0.2, -0.15) is 0 Å². The van der Waals surface area contributed by atoms with Crippen molar-refractivity contribution in [3.8, 4) is 11.5 Å². The highest BCUT2D eigenvalue weighted by molar-refractivity contribution is 5.39. The monoisotopic (exact) mass is 182 g/mol. The molecule has 0 spiro atoms. The van der Waals surface area contributed by atoms with E-state index >= 15 is 0 Å². The van der Waals surface area contributed by atoms with Gasteiger partial charge in [0.1, 0.15) is 0 Å². The summed E-state index contributed by atoms with van der Waals surface area (Å²) in [6, 6.07) is 7.26. The summed E-state index contributed by atoms with van der Waals surface area (Å²) in [5, 5.41) is 9.02. The largest absolute Gasteiger partial charge is 0.490 e. The minimum absolute atomic E-state index is 0.569. The first-order valence-corrected chi connectivity index (χ1v) is 4.30. The Labute approximate surface area is 77.9 Å². The molecule has 0 fully saturated rings. The molecule has 3 nitrogen and oxygen atoms in total. The van der Waals surface area contributed by atoms with Crippen molar-refractivity contribution in [2.45, 2.75) is 20.1 Å². The number of para-hydroxylation sites is 2. The topological polar surface area (TPSA) is 38.7 Å². The molecule has 0 aliphatic heterocycles. The van der Waals surface area contributed by atoms with Crippen molar-refractivity contribution in [3.63, 3.8) is 0 Å². The van der Waals surface area contributed by atoms with Crippen molar-refractivity contribution in [3.05, 3.63) is 24.3 Å². The Balaban J connectivity index is 2.78. The predicted octanol–water partition coefficient (Wildman–Crippen LogP) is 1.80. The first kappa shape index (κ1) is 9.86. The van der Waals surface area contributed by atoms with Crippen LogP contribution in [0.15, 0.2) is 24.3 Å². The SMILES string of the molecule is CCOc1ccccc1OC(C)O. The van der Waals surface area contributed by atoms with Gasteiger partial charge in [-0.05, 0) is 26.0 Å². The molecule has 0 aromatic heterocycles. The van der Waals surface area contributed by atoms with Crippen molar-refractivity contribution in [2.24, 2.45) is 0 Å². The maximum atomic E-state index is 9.02. The van der Waals surface area contributed by atoms with Gasteiger partial charge >= 0.3 is 0 Å². The summed E-state index contributed by atoms with van der Waals surface area (Å²) in [6.45, 7) is 4.04. The first-order valence-electron chi connectivity index (χ1n) is 4.30. The molecule has 3 heteroatoms. The Kier molecular flexibility index (Phi) is 3.58. The van der Waals surface area contributed by atoms with Crippen molar-refractivity contribution < 1.29 is 14.6 Å². The Morgan fingerprint density at radius 2 is 1.92 bits per heavy atom. The molecular weight excluding hydrogens is 168 g/mol. The summed E-state index contributed by atoms with van der Waals surface area (Å²) in [6.07, 6.45) is -0.818. The molecule has 1 N–H and O–H groups in total. The molecule has 1 aromatic carbocycles. The molecule has 0 bridgehead atoms. The number of ether oxygens (including phenoxy) is 2. The third-order valence-electron chi connectivity index (χ3n) is 1.45. The van der Waals surface area contributed by atoms with E-state index in [-0.39, 0.29) is 0 Å². The maximum absolute atomic E-state index is 9.02. The molecular formula is C10H14O3. The van der Waals surface area contributed by atoms with Crippen LogP contribution in [0, 0.1) is 0 Å². The highest BCUT2D eigenvalue weighted by atomic mass is 16.6.